The molecular weight excluding hydrogens is 248 g/mol. The molecule has 0 radical (unpaired) electrons. The fraction of sp³-hybridized carbons (Fsp3) is 0.273. The Bertz CT molecular complexity index is 451. The minimum Gasteiger partial charge on any atom is -0.318 e. The van der Waals surface area contributed by atoms with Crippen LogP contribution in [0.15, 0.2) is 12.1 Å². The Morgan fingerprint density at radius 1 is 1.44 bits per heavy atom. The lowest BCUT2D eigenvalue weighted by atomic mass is 10.2. The van der Waals surface area contributed by atoms with Gasteiger partial charge in [0.25, 0.3) is 0 Å². The Morgan fingerprint density at radius 3 is 2.78 bits per heavy atom. The normalized spacial score (nSPS) is 9.72. The minimum absolute atomic E-state index is 0.189. The summed E-state index contributed by atoms with van der Waals surface area (Å²) >= 11 is 0. The summed E-state index contributed by atoms with van der Waals surface area (Å²) < 4.78 is 26.1. The van der Waals surface area contributed by atoms with Gasteiger partial charge in [-0.2, -0.15) is 0 Å². The predicted molar refractivity (Wildman–Crippen MR) is 57.1 cm³/mol. The van der Waals surface area contributed by atoms with Gasteiger partial charge in [0.1, 0.15) is 5.82 Å². The van der Waals surface area contributed by atoms with E-state index in [9.17, 15) is 18.4 Å². The van der Waals surface area contributed by atoms with Crippen LogP contribution in [0.25, 0.3) is 0 Å². The fourth-order valence-electron chi connectivity index (χ4n) is 1.09. The molecule has 1 amide bonds. The third-order valence-corrected chi connectivity index (χ3v) is 1.88. The quantitative estimate of drug-likeness (QED) is 0.500. The molecule has 1 rings (SSSR count). The van der Waals surface area contributed by atoms with Gasteiger partial charge in [-0.05, 0) is 12.5 Å². The van der Waals surface area contributed by atoms with Crippen LogP contribution in [0.5, 0.6) is 5.75 Å². The highest BCUT2D eigenvalue weighted by Crippen LogP contribution is 2.23. The van der Waals surface area contributed by atoms with E-state index in [4.69, 9.17) is 0 Å². The Hall–Kier alpha value is -2.18. The van der Waals surface area contributed by atoms with E-state index in [0.29, 0.717) is 19.0 Å². The molecule has 0 saturated carbocycles. The van der Waals surface area contributed by atoms with Crippen LogP contribution >= 0.6 is 0 Å². The third kappa shape index (κ3) is 3.69. The number of nitrogens with one attached hydrogen (secondary N) is 1. The van der Waals surface area contributed by atoms with E-state index in [-0.39, 0.29) is 6.29 Å². The topological polar surface area (TPSA) is 64.6 Å². The molecule has 0 aliphatic carbocycles. The van der Waals surface area contributed by atoms with Crippen LogP contribution < -0.4 is 10.2 Å². The van der Waals surface area contributed by atoms with E-state index in [1.54, 1.807) is 0 Å². The summed E-state index contributed by atoms with van der Waals surface area (Å²) in [5.74, 6) is -2.71. The van der Waals surface area contributed by atoms with Crippen LogP contribution in [0.4, 0.5) is 13.6 Å². The average molecular weight is 259 g/mol. The molecule has 18 heavy (non-hydrogen) atoms. The molecule has 0 saturated heterocycles. The van der Waals surface area contributed by atoms with Crippen LogP contribution in [0.1, 0.15) is 23.7 Å². The molecule has 1 aromatic rings. The molecule has 0 spiro atoms. The molecular formula is C11H11F2NO4. The zero-order valence-electron chi connectivity index (χ0n) is 9.54. The first kappa shape index (κ1) is 13.9. The molecule has 0 aliphatic heterocycles. The first-order valence-corrected chi connectivity index (χ1v) is 5.15. The van der Waals surface area contributed by atoms with Gasteiger partial charge < -0.3 is 5.32 Å². The van der Waals surface area contributed by atoms with Crippen molar-refractivity contribution in [2.75, 3.05) is 6.54 Å². The number of halogens is 2. The molecule has 0 bridgehead atoms. The monoisotopic (exact) mass is 259 g/mol. The smallest absolute Gasteiger partial charge is 0.318 e. The number of rotatable bonds is 5. The molecule has 7 heteroatoms. The average Bonchev–Trinajstić information content (AvgIpc) is 2.34. The number of hydrogen-bond donors (Lipinski definition) is 1. The Morgan fingerprint density at radius 2 is 2.17 bits per heavy atom. The Labute approximate surface area is 102 Å². The van der Waals surface area contributed by atoms with E-state index in [0.717, 1.165) is 6.07 Å². The summed E-state index contributed by atoms with van der Waals surface area (Å²) in [6, 6.07) is 1.27. The van der Waals surface area contributed by atoms with E-state index in [2.05, 4.69) is 15.1 Å². The number of carbonyl (C=O) groups excluding carboxylic acids is 2. The number of aldehydes is 1. The molecule has 0 aromatic heterocycles. The first-order chi connectivity index (χ1) is 8.58. The lowest BCUT2D eigenvalue weighted by Crippen LogP contribution is -2.26. The van der Waals surface area contributed by atoms with Gasteiger partial charge in [-0.15, -0.1) is 0 Å². The Kier molecular flexibility index (Phi) is 5.04. The lowest BCUT2D eigenvalue weighted by molar-refractivity contribution is -0.145. The summed E-state index contributed by atoms with van der Waals surface area (Å²) in [4.78, 5) is 30.2. The summed E-state index contributed by atoms with van der Waals surface area (Å²) in [7, 11) is 0. The maximum Gasteiger partial charge on any atom is 0.450 e. The second kappa shape index (κ2) is 6.53. The van der Waals surface area contributed by atoms with Gasteiger partial charge in [-0.25, -0.2) is 18.5 Å². The van der Waals surface area contributed by atoms with E-state index in [1.807, 2.05) is 6.92 Å². The molecule has 0 unspecified atom stereocenters. The van der Waals surface area contributed by atoms with E-state index < -0.39 is 29.0 Å². The van der Waals surface area contributed by atoms with Gasteiger partial charge in [0, 0.05) is 12.6 Å². The molecule has 0 atom stereocenters. The van der Waals surface area contributed by atoms with Crippen LogP contribution in [0, 0.1) is 11.6 Å². The highest BCUT2D eigenvalue weighted by molar-refractivity contribution is 5.79. The largest absolute Gasteiger partial charge is 0.450 e. The summed E-state index contributed by atoms with van der Waals surface area (Å²) in [5.41, 5.74) is -0.393. The van der Waals surface area contributed by atoms with Gasteiger partial charge in [0.05, 0.1) is 5.56 Å². The second-order valence-electron chi connectivity index (χ2n) is 3.30. The summed E-state index contributed by atoms with van der Waals surface area (Å²) in [6.07, 6.45) is -0.0635. The van der Waals surface area contributed by atoms with Crippen molar-refractivity contribution in [2.24, 2.45) is 0 Å². The standard InChI is InChI=1S/C11H11F2NO4/c1-2-3-14-11(16)18-17-10-7(6-15)4-8(12)5-9(10)13/h4-6H,2-3H2,1H3,(H,14,16). The number of hydrogen-bond acceptors (Lipinski definition) is 4. The molecule has 98 valence electrons. The molecule has 1 aromatic carbocycles. The van der Waals surface area contributed by atoms with Crippen molar-refractivity contribution in [2.45, 2.75) is 13.3 Å². The van der Waals surface area contributed by atoms with Crippen LogP contribution in [-0.2, 0) is 4.89 Å². The number of carbonyl (C=O) groups is 2. The SMILES string of the molecule is CCCNC(=O)OOc1c(F)cc(F)cc1C=O. The first-order valence-electron chi connectivity index (χ1n) is 5.15. The van der Waals surface area contributed by atoms with Gasteiger partial charge in [-0.1, -0.05) is 6.92 Å². The van der Waals surface area contributed by atoms with Crippen molar-refractivity contribution in [3.63, 3.8) is 0 Å². The molecule has 0 fully saturated rings. The minimum atomic E-state index is -1.14. The van der Waals surface area contributed by atoms with Crippen LogP contribution in [0.2, 0.25) is 0 Å². The molecule has 5 nitrogen and oxygen atoms in total. The van der Waals surface area contributed by atoms with Crippen molar-refractivity contribution in [3.05, 3.63) is 29.3 Å². The van der Waals surface area contributed by atoms with Crippen molar-refractivity contribution >= 4 is 12.4 Å². The molecule has 0 aliphatic rings. The maximum absolute atomic E-state index is 13.3. The maximum atomic E-state index is 13.3. The summed E-state index contributed by atoms with van der Waals surface area (Å²) in [5, 5.41) is 2.30. The van der Waals surface area contributed by atoms with E-state index >= 15 is 0 Å². The summed E-state index contributed by atoms with van der Waals surface area (Å²) in [6.45, 7) is 2.18. The lowest BCUT2D eigenvalue weighted by Gasteiger charge is -2.07. The van der Waals surface area contributed by atoms with Crippen molar-refractivity contribution < 1.29 is 28.1 Å². The molecule has 0 heterocycles. The van der Waals surface area contributed by atoms with Crippen molar-refractivity contribution in [3.8, 4) is 5.75 Å². The van der Waals surface area contributed by atoms with Crippen LogP contribution in [0.3, 0.4) is 0 Å². The highest BCUT2D eigenvalue weighted by atomic mass is 19.1. The second-order valence-corrected chi connectivity index (χ2v) is 3.30. The van der Waals surface area contributed by atoms with Gasteiger partial charge in [0.15, 0.2) is 12.1 Å². The van der Waals surface area contributed by atoms with Crippen molar-refractivity contribution in [1.82, 2.24) is 5.32 Å². The van der Waals surface area contributed by atoms with E-state index in [1.165, 1.54) is 0 Å². The predicted octanol–water partition coefficient (Wildman–Crippen LogP) is 2.21. The van der Waals surface area contributed by atoms with Gasteiger partial charge in [0.2, 0.25) is 5.75 Å². The van der Waals surface area contributed by atoms with Crippen LogP contribution in [-0.4, -0.2) is 18.9 Å². The zero-order valence-corrected chi connectivity index (χ0v) is 9.54. The van der Waals surface area contributed by atoms with Crippen molar-refractivity contribution in [1.29, 1.82) is 0 Å². The van der Waals surface area contributed by atoms with Gasteiger partial charge in [-0.3, -0.25) is 9.68 Å². The number of amides is 1. The third-order valence-electron chi connectivity index (χ3n) is 1.88. The Balaban J connectivity index is 2.72. The fourth-order valence-corrected chi connectivity index (χ4v) is 1.09. The highest BCUT2D eigenvalue weighted by Gasteiger charge is 2.15. The molecule has 1 N–H and O–H groups in total. The zero-order chi connectivity index (χ0) is 13.5. The number of benzene rings is 1. The van der Waals surface area contributed by atoms with Gasteiger partial charge >= 0.3 is 6.09 Å².